The fraction of sp³-hybridized carbons (Fsp3) is 0.550. The molecule has 1 saturated carbocycles. The third-order valence-corrected chi connectivity index (χ3v) is 5.54. The molecule has 26 heavy (non-hydrogen) atoms. The van der Waals surface area contributed by atoms with Gasteiger partial charge in [0.1, 0.15) is 5.75 Å². The van der Waals surface area contributed by atoms with Crippen molar-refractivity contribution >= 4 is 5.91 Å². The standard InChI is InChI=1S/C20H25N3O3/c1-14-21-19(22-26-14)13-25-17-10-8-16(9-11-17)20(24)23-12-4-6-15-5-2-3-7-18(15)23/h8-11,15,18H,2-7,12-13H2,1H3. The number of piperidine rings is 1. The molecule has 1 saturated heterocycles. The Kier molecular flexibility index (Phi) is 4.91. The maximum Gasteiger partial charge on any atom is 0.254 e. The summed E-state index contributed by atoms with van der Waals surface area (Å²) in [5.74, 6) is 2.58. The van der Waals surface area contributed by atoms with E-state index >= 15 is 0 Å². The number of likely N-dealkylation sites (tertiary alicyclic amines) is 1. The minimum absolute atomic E-state index is 0.155. The number of nitrogens with zero attached hydrogens (tertiary/aromatic N) is 3. The van der Waals surface area contributed by atoms with Crippen LogP contribution in [0.1, 0.15) is 60.6 Å². The quantitative estimate of drug-likeness (QED) is 0.835. The zero-order valence-electron chi connectivity index (χ0n) is 15.2. The lowest BCUT2D eigenvalue weighted by molar-refractivity contribution is 0.0390. The van der Waals surface area contributed by atoms with Crippen molar-refractivity contribution < 1.29 is 14.1 Å². The number of carbonyl (C=O) groups excluding carboxylic acids is 1. The first-order valence-electron chi connectivity index (χ1n) is 9.54. The Morgan fingerprint density at radius 1 is 1.19 bits per heavy atom. The van der Waals surface area contributed by atoms with Gasteiger partial charge in [-0.3, -0.25) is 4.79 Å². The van der Waals surface area contributed by atoms with Crippen LogP contribution in [0.3, 0.4) is 0 Å². The second kappa shape index (κ2) is 7.48. The molecule has 2 fully saturated rings. The number of hydrogen-bond donors (Lipinski definition) is 0. The summed E-state index contributed by atoms with van der Waals surface area (Å²) in [5.41, 5.74) is 0.735. The van der Waals surface area contributed by atoms with E-state index in [1.54, 1.807) is 6.92 Å². The van der Waals surface area contributed by atoms with Crippen molar-refractivity contribution in [3.05, 3.63) is 41.5 Å². The normalized spacial score (nSPS) is 22.7. The molecule has 1 aliphatic carbocycles. The van der Waals surface area contributed by atoms with Gasteiger partial charge in [0.15, 0.2) is 6.61 Å². The van der Waals surface area contributed by atoms with Gasteiger partial charge in [-0.2, -0.15) is 4.98 Å². The Bertz CT molecular complexity index is 754. The third kappa shape index (κ3) is 3.59. The van der Waals surface area contributed by atoms with Crippen LogP contribution in [0.25, 0.3) is 0 Å². The second-order valence-electron chi connectivity index (χ2n) is 7.30. The summed E-state index contributed by atoms with van der Waals surface area (Å²) in [5, 5.41) is 3.80. The average molecular weight is 355 g/mol. The summed E-state index contributed by atoms with van der Waals surface area (Å²) in [6, 6.07) is 7.81. The lowest BCUT2D eigenvalue weighted by Crippen LogP contribution is -2.49. The van der Waals surface area contributed by atoms with Crippen LogP contribution in [0.15, 0.2) is 28.8 Å². The van der Waals surface area contributed by atoms with Crippen LogP contribution in [0.4, 0.5) is 0 Å². The van der Waals surface area contributed by atoms with E-state index in [-0.39, 0.29) is 12.5 Å². The molecular weight excluding hydrogens is 330 g/mol. The highest BCUT2D eigenvalue weighted by Crippen LogP contribution is 2.36. The van der Waals surface area contributed by atoms with Crippen molar-refractivity contribution in [2.75, 3.05) is 6.54 Å². The summed E-state index contributed by atoms with van der Waals surface area (Å²) < 4.78 is 10.6. The topological polar surface area (TPSA) is 68.5 Å². The van der Waals surface area contributed by atoms with E-state index in [0.717, 1.165) is 24.9 Å². The van der Waals surface area contributed by atoms with Gasteiger partial charge in [-0.05, 0) is 55.9 Å². The predicted molar refractivity (Wildman–Crippen MR) is 95.8 cm³/mol. The number of benzene rings is 1. The van der Waals surface area contributed by atoms with Gasteiger partial charge in [0.2, 0.25) is 11.7 Å². The molecule has 0 spiro atoms. The van der Waals surface area contributed by atoms with Crippen molar-refractivity contribution in [2.24, 2.45) is 5.92 Å². The van der Waals surface area contributed by atoms with Gasteiger partial charge in [0.05, 0.1) is 0 Å². The van der Waals surface area contributed by atoms with Crippen molar-refractivity contribution in [2.45, 2.75) is 58.1 Å². The van der Waals surface area contributed by atoms with E-state index in [4.69, 9.17) is 9.26 Å². The lowest BCUT2D eigenvalue weighted by atomic mass is 9.78. The molecular formula is C20H25N3O3. The molecule has 1 aromatic carbocycles. The number of carbonyl (C=O) groups is 1. The number of hydrogen-bond acceptors (Lipinski definition) is 5. The number of amides is 1. The number of aryl methyl sites for hydroxylation is 1. The van der Waals surface area contributed by atoms with Crippen LogP contribution in [-0.2, 0) is 6.61 Å². The molecule has 0 N–H and O–H groups in total. The molecule has 2 unspecified atom stereocenters. The number of fused-ring (bicyclic) bond motifs is 1. The van der Waals surface area contributed by atoms with Crippen molar-refractivity contribution in [1.82, 2.24) is 15.0 Å². The summed E-state index contributed by atoms with van der Waals surface area (Å²) in [4.78, 5) is 19.2. The van der Waals surface area contributed by atoms with Crippen LogP contribution in [0.5, 0.6) is 5.75 Å². The zero-order chi connectivity index (χ0) is 17.9. The molecule has 1 aromatic heterocycles. The summed E-state index contributed by atoms with van der Waals surface area (Å²) in [6.07, 6.45) is 7.38. The molecule has 2 heterocycles. The predicted octanol–water partition coefficient (Wildman–Crippen LogP) is 3.75. The van der Waals surface area contributed by atoms with Gasteiger partial charge < -0.3 is 14.2 Å². The molecule has 1 amide bonds. The van der Waals surface area contributed by atoms with Crippen molar-refractivity contribution in [3.8, 4) is 5.75 Å². The first-order valence-corrected chi connectivity index (χ1v) is 9.54. The van der Waals surface area contributed by atoms with E-state index < -0.39 is 0 Å². The van der Waals surface area contributed by atoms with Gasteiger partial charge in [0.25, 0.3) is 5.91 Å². The molecule has 0 bridgehead atoms. The minimum Gasteiger partial charge on any atom is -0.485 e. The fourth-order valence-corrected chi connectivity index (χ4v) is 4.28. The highest BCUT2D eigenvalue weighted by molar-refractivity contribution is 5.94. The molecule has 6 heteroatoms. The van der Waals surface area contributed by atoms with Crippen LogP contribution in [0, 0.1) is 12.8 Å². The molecule has 2 aliphatic rings. The number of aromatic nitrogens is 2. The molecule has 2 atom stereocenters. The Balaban J connectivity index is 1.40. The maximum atomic E-state index is 13.0. The average Bonchev–Trinajstić information content (AvgIpc) is 3.11. The minimum atomic E-state index is 0.155. The second-order valence-corrected chi connectivity index (χ2v) is 7.30. The third-order valence-electron chi connectivity index (χ3n) is 5.54. The first-order chi connectivity index (χ1) is 12.7. The zero-order valence-corrected chi connectivity index (χ0v) is 15.2. The largest absolute Gasteiger partial charge is 0.485 e. The molecule has 6 nitrogen and oxygen atoms in total. The SMILES string of the molecule is Cc1nc(COc2ccc(C(=O)N3CCCC4CCCCC43)cc2)no1. The fourth-order valence-electron chi connectivity index (χ4n) is 4.28. The van der Waals surface area contributed by atoms with Crippen LogP contribution in [0.2, 0.25) is 0 Å². The van der Waals surface area contributed by atoms with Crippen molar-refractivity contribution in [3.63, 3.8) is 0 Å². The van der Waals surface area contributed by atoms with E-state index in [1.165, 1.54) is 25.7 Å². The Morgan fingerprint density at radius 2 is 1.96 bits per heavy atom. The van der Waals surface area contributed by atoms with Gasteiger partial charge in [-0.1, -0.05) is 18.0 Å². The van der Waals surface area contributed by atoms with E-state index in [0.29, 0.717) is 29.4 Å². The lowest BCUT2D eigenvalue weighted by Gasteiger charge is -2.44. The highest BCUT2D eigenvalue weighted by Gasteiger charge is 2.35. The van der Waals surface area contributed by atoms with Gasteiger partial charge in [-0.25, -0.2) is 0 Å². The molecule has 4 rings (SSSR count). The molecule has 0 radical (unpaired) electrons. The van der Waals surface area contributed by atoms with E-state index in [1.807, 2.05) is 24.3 Å². The number of rotatable bonds is 4. The van der Waals surface area contributed by atoms with E-state index in [9.17, 15) is 4.79 Å². The molecule has 1 aliphatic heterocycles. The maximum absolute atomic E-state index is 13.0. The highest BCUT2D eigenvalue weighted by atomic mass is 16.5. The van der Waals surface area contributed by atoms with Gasteiger partial charge in [0, 0.05) is 25.1 Å². The molecule has 138 valence electrons. The van der Waals surface area contributed by atoms with Crippen LogP contribution < -0.4 is 4.74 Å². The Hall–Kier alpha value is -2.37. The van der Waals surface area contributed by atoms with Crippen LogP contribution >= 0.6 is 0 Å². The number of ether oxygens (including phenoxy) is 1. The smallest absolute Gasteiger partial charge is 0.254 e. The van der Waals surface area contributed by atoms with E-state index in [2.05, 4.69) is 15.0 Å². The van der Waals surface area contributed by atoms with Crippen LogP contribution in [-0.4, -0.2) is 33.5 Å². The summed E-state index contributed by atoms with van der Waals surface area (Å²) >= 11 is 0. The Labute approximate surface area is 153 Å². The van der Waals surface area contributed by atoms with Crippen molar-refractivity contribution in [1.29, 1.82) is 0 Å². The monoisotopic (exact) mass is 355 g/mol. The Morgan fingerprint density at radius 3 is 2.73 bits per heavy atom. The summed E-state index contributed by atoms with van der Waals surface area (Å²) in [6.45, 7) is 2.88. The first kappa shape index (κ1) is 17.1. The summed E-state index contributed by atoms with van der Waals surface area (Å²) in [7, 11) is 0. The molecule has 2 aromatic rings. The van der Waals surface area contributed by atoms with Gasteiger partial charge >= 0.3 is 0 Å². The van der Waals surface area contributed by atoms with Gasteiger partial charge in [-0.15, -0.1) is 0 Å².